The van der Waals surface area contributed by atoms with Gasteiger partial charge in [0.05, 0.1) is 16.6 Å². The number of hydrogen-bond acceptors (Lipinski definition) is 4. The summed E-state index contributed by atoms with van der Waals surface area (Å²) < 4.78 is 10.4. The average molecular weight is 327 g/mol. The molecule has 2 heterocycles. The van der Waals surface area contributed by atoms with Gasteiger partial charge in [-0.15, -0.1) is 0 Å². The zero-order valence-electron chi connectivity index (χ0n) is 11.7. The third kappa shape index (κ3) is 2.89. The normalized spacial score (nSPS) is 19.9. The second-order valence-corrected chi connectivity index (χ2v) is 5.65. The monoisotopic (exact) mass is 326 g/mol. The van der Waals surface area contributed by atoms with Crippen LogP contribution < -0.4 is 14.8 Å². The summed E-state index contributed by atoms with van der Waals surface area (Å²) in [5.41, 5.74) is 0.411. The van der Waals surface area contributed by atoms with Crippen LogP contribution in [0, 0.1) is 5.92 Å². The van der Waals surface area contributed by atoms with Crippen molar-refractivity contribution in [1.82, 2.24) is 4.90 Å². The minimum atomic E-state index is -0.876. The van der Waals surface area contributed by atoms with Crippen LogP contribution in [0.25, 0.3) is 0 Å². The first-order valence-corrected chi connectivity index (χ1v) is 7.30. The number of amides is 2. The fourth-order valence-electron chi connectivity index (χ4n) is 2.57. The summed E-state index contributed by atoms with van der Waals surface area (Å²) in [7, 11) is 0. The molecule has 8 heteroatoms. The summed E-state index contributed by atoms with van der Waals surface area (Å²) in [6.45, 7) is 0.844. The molecule has 2 aliphatic heterocycles. The lowest BCUT2D eigenvalue weighted by atomic mass is 9.99. The molecule has 1 atom stereocenters. The van der Waals surface area contributed by atoms with Crippen LogP contribution in [0.15, 0.2) is 12.1 Å². The van der Waals surface area contributed by atoms with Crippen molar-refractivity contribution in [2.75, 3.05) is 25.2 Å². The summed E-state index contributed by atoms with van der Waals surface area (Å²) in [6.07, 6.45) is 1.25. The Kier molecular flexibility index (Phi) is 3.98. The Labute approximate surface area is 131 Å². The molecule has 1 saturated heterocycles. The molecule has 7 nitrogen and oxygen atoms in total. The lowest BCUT2D eigenvalue weighted by Crippen LogP contribution is -2.44. The molecule has 1 fully saturated rings. The molecule has 3 rings (SSSR count). The smallest absolute Gasteiger partial charge is 0.321 e. The molecule has 0 spiro atoms. The topological polar surface area (TPSA) is 88.1 Å². The lowest BCUT2D eigenvalue weighted by molar-refractivity contribution is -0.143. The number of likely N-dealkylation sites (tertiary alicyclic amines) is 1. The number of carbonyl (C=O) groups is 2. The van der Waals surface area contributed by atoms with E-state index in [-0.39, 0.29) is 19.4 Å². The molecule has 2 amide bonds. The van der Waals surface area contributed by atoms with Crippen molar-refractivity contribution in [1.29, 1.82) is 0 Å². The van der Waals surface area contributed by atoms with E-state index in [4.69, 9.17) is 26.2 Å². The summed E-state index contributed by atoms with van der Waals surface area (Å²) in [6, 6.07) is 2.81. The first kappa shape index (κ1) is 14.8. The van der Waals surface area contributed by atoms with Crippen LogP contribution in [0.3, 0.4) is 0 Å². The second kappa shape index (κ2) is 5.92. The fraction of sp³-hybridized carbons (Fsp3) is 0.429. The van der Waals surface area contributed by atoms with E-state index in [1.165, 1.54) is 4.90 Å². The minimum absolute atomic E-state index is 0.121. The predicted molar refractivity (Wildman–Crippen MR) is 78.5 cm³/mol. The first-order valence-electron chi connectivity index (χ1n) is 6.92. The summed E-state index contributed by atoms with van der Waals surface area (Å²) in [4.78, 5) is 24.8. The number of nitrogens with zero attached hydrogens (tertiary/aromatic N) is 1. The number of piperidine rings is 1. The largest absolute Gasteiger partial charge is 0.481 e. The zero-order valence-corrected chi connectivity index (χ0v) is 12.4. The maximum absolute atomic E-state index is 12.3. The van der Waals surface area contributed by atoms with Gasteiger partial charge in [-0.1, -0.05) is 11.6 Å². The van der Waals surface area contributed by atoms with Gasteiger partial charge in [0.15, 0.2) is 11.5 Å². The van der Waals surface area contributed by atoms with Crippen molar-refractivity contribution in [2.24, 2.45) is 5.92 Å². The molecule has 1 aromatic carbocycles. The molecule has 118 valence electrons. The number of ether oxygens (including phenoxy) is 2. The van der Waals surface area contributed by atoms with E-state index < -0.39 is 11.9 Å². The SMILES string of the molecule is O=C(O)C1CCCN(C(=O)Nc2cc3c(cc2Cl)OCO3)C1. The van der Waals surface area contributed by atoms with Gasteiger partial charge >= 0.3 is 12.0 Å². The Hall–Kier alpha value is -2.15. The van der Waals surface area contributed by atoms with Crippen molar-refractivity contribution >= 4 is 29.3 Å². The third-order valence-corrected chi connectivity index (χ3v) is 4.07. The number of fused-ring (bicyclic) bond motifs is 1. The van der Waals surface area contributed by atoms with Crippen LogP contribution in [0.1, 0.15) is 12.8 Å². The van der Waals surface area contributed by atoms with Crippen LogP contribution in [0.5, 0.6) is 11.5 Å². The van der Waals surface area contributed by atoms with E-state index in [9.17, 15) is 9.59 Å². The maximum atomic E-state index is 12.3. The standard InChI is InChI=1S/C14H15ClN2O5/c15-9-4-11-12(22-7-21-11)5-10(9)16-14(20)17-3-1-2-8(6-17)13(18)19/h4-5,8H,1-3,6-7H2,(H,16,20)(H,18,19). The molecule has 0 aromatic heterocycles. The number of carboxylic acids is 1. The van der Waals surface area contributed by atoms with E-state index in [0.717, 1.165) is 0 Å². The summed E-state index contributed by atoms with van der Waals surface area (Å²) in [5, 5.41) is 12.1. The molecule has 0 bridgehead atoms. The van der Waals surface area contributed by atoms with Crippen LogP contribution in [-0.4, -0.2) is 41.9 Å². The van der Waals surface area contributed by atoms with E-state index >= 15 is 0 Å². The van der Waals surface area contributed by atoms with Crippen LogP contribution >= 0.6 is 11.6 Å². The predicted octanol–water partition coefficient (Wildman–Crippen LogP) is 2.40. The van der Waals surface area contributed by atoms with E-state index in [1.807, 2.05) is 0 Å². The molecular weight excluding hydrogens is 312 g/mol. The number of benzene rings is 1. The number of rotatable bonds is 2. The number of urea groups is 1. The molecule has 2 aliphatic rings. The molecule has 1 aromatic rings. The van der Waals surface area contributed by atoms with E-state index in [0.29, 0.717) is 41.6 Å². The van der Waals surface area contributed by atoms with Gasteiger partial charge in [0.2, 0.25) is 6.79 Å². The molecule has 1 unspecified atom stereocenters. The Balaban J connectivity index is 1.70. The van der Waals surface area contributed by atoms with Crippen LogP contribution in [-0.2, 0) is 4.79 Å². The highest BCUT2D eigenvalue weighted by Gasteiger charge is 2.28. The second-order valence-electron chi connectivity index (χ2n) is 5.24. The molecule has 0 aliphatic carbocycles. The fourth-order valence-corrected chi connectivity index (χ4v) is 2.77. The van der Waals surface area contributed by atoms with E-state index in [1.54, 1.807) is 12.1 Å². The van der Waals surface area contributed by atoms with Crippen LogP contribution in [0.2, 0.25) is 5.02 Å². The Morgan fingerprint density at radius 1 is 1.32 bits per heavy atom. The van der Waals surface area contributed by atoms with Gasteiger partial charge in [0.25, 0.3) is 0 Å². The van der Waals surface area contributed by atoms with Crippen molar-refractivity contribution in [3.63, 3.8) is 0 Å². The van der Waals surface area contributed by atoms with Gasteiger partial charge in [0.1, 0.15) is 0 Å². The number of carbonyl (C=O) groups excluding carboxylic acids is 1. The van der Waals surface area contributed by atoms with Gasteiger partial charge in [-0.2, -0.15) is 0 Å². The van der Waals surface area contributed by atoms with Crippen molar-refractivity contribution < 1.29 is 24.2 Å². The molecule has 0 radical (unpaired) electrons. The zero-order chi connectivity index (χ0) is 15.7. The Morgan fingerprint density at radius 2 is 2.05 bits per heavy atom. The Bertz CT molecular complexity index is 621. The molecular formula is C14H15ClN2O5. The highest BCUT2D eigenvalue weighted by molar-refractivity contribution is 6.34. The Morgan fingerprint density at radius 3 is 2.77 bits per heavy atom. The third-order valence-electron chi connectivity index (χ3n) is 3.76. The highest BCUT2D eigenvalue weighted by atomic mass is 35.5. The maximum Gasteiger partial charge on any atom is 0.321 e. The van der Waals surface area contributed by atoms with E-state index in [2.05, 4.69) is 5.32 Å². The molecule has 0 saturated carbocycles. The quantitative estimate of drug-likeness (QED) is 0.871. The number of hydrogen-bond donors (Lipinski definition) is 2. The lowest BCUT2D eigenvalue weighted by Gasteiger charge is -2.30. The van der Waals surface area contributed by atoms with Crippen molar-refractivity contribution in [3.8, 4) is 11.5 Å². The van der Waals surface area contributed by atoms with Gasteiger partial charge in [-0.3, -0.25) is 4.79 Å². The molecule has 2 N–H and O–H groups in total. The number of aliphatic carboxylic acids is 1. The number of carboxylic acid groups (broad SMARTS) is 1. The number of anilines is 1. The van der Waals surface area contributed by atoms with Crippen molar-refractivity contribution in [2.45, 2.75) is 12.8 Å². The highest BCUT2D eigenvalue weighted by Crippen LogP contribution is 2.39. The van der Waals surface area contributed by atoms with Gasteiger partial charge < -0.3 is 24.8 Å². The number of nitrogens with one attached hydrogen (secondary N) is 1. The minimum Gasteiger partial charge on any atom is -0.481 e. The average Bonchev–Trinajstić information content (AvgIpc) is 2.94. The van der Waals surface area contributed by atoms with Crippen LogP contribution in [0.4, 0.5) is 10.5 Å². The summed E-state index contributed by atoms with van der Waals surface area (Å²) in [5.74, 6) is -0.348. The van der Waals surface area contributed by atoms with Gasteiger partial charge in [-0.05, 0) is 12.8 Å². The van der Waals surface area contributed by atoms with Gasteiger partial charge in [0, 0.05) is 25.2 Å². The number of halogens is 1. The van der Waals surface area contributed by atoms with Gasteiger partial charge in [-0.25, -0.2) is 4.79 Å². The summed E-state index contributed by atoms with van der Waals surface area (Å²) >= 11 is 6.11. The molecule has 22 heavy (non-hydrogen) atoms. The van der Waals surface area contributed by atoms with Crippen molar-refractivity contribution in [3.05, 3.63) is 17.2 Å². The first-order chi connectivity index (χ1) is 10.5.